The molecule has 156 valence electrons. The molecule has 1 aromatic carbocycles. The van der Waals surface area contributed by atoms with Gasteiger partial charge in [-0.25, -0.2) is 12.7 Å². The Hall–Kier alpha value is -2.51. The van der Waals surface area contributed by atoms with Crippen molar-refractivity contribution in [3.63, 3.8) is 0 Å². The summed E-state index contributed by atoms with van der Waals surface area (Å²) in [6.07, 6.45) is 13.0. The molecule has 0 amide bonds. The fourth-order valence-electron chi connectivity index (χ4n) is 4.29. The van der Waals surface area contributed by atoms with Crippen LogP contribution in [0.25, 0.3) is 21.9 Å². The third-order valence-corrected chi connectivity index (χ3v) is 7.48. The van der Waals surface area contributed by atoms with E-state index in [-0.39, 0.29) is 6.04 Å². The molecule has 3 heterocycles. The van der Waals surface area contributed by atoms with Crippen LogP contribution in [0.4, 0.5) is 5.69 Å². The number of piperidine rings is 1. The number of aromatic nitrogens is 2. The zero-order valence-corrected chi connectivity index (χ0v) is 17.9. The molecule has 2 aromatic heterocycles. The number of nitrogens with zero attached hydrogens (tertiary/aromatic N) is 3. The van der Waals surface area contributed by atoms with Gasteiger partial charge in [-0.3, -0.25) is 9.97 Å². The van der Waals surface area contributed by atoms with Crippen molar-refractivity contribution in [1.82, 2.24) is 14.3 Å². The molecule has 2 aliphatic rings. The summed E-state index contributed by atoms with van der Waals surface area (Å²) in [5, 5.41) is 5.89. The van der Waals surface area contributed by atoms with E-state index in [1.165, 1.54) is 24.7 Å². The van der Waals surface area contributed by atoms with Gasteiger partial charge in [0.15, 0.2) is 0 Å². The summed E-state index contributed by atoms with van der Waals surface area (Å²) in [6.45, 7) is 1.11. The monoisotopic (exact) mass is 422 g/mol. The van der Waals surface area contributed by atoms with Gasteiger partial charge in [-0.05, 0) is 72.4 Å². The number of sulfonamides is 1. The van der Waals surface area contributed by atoms with Crippen molar-refractivity contribution in [1.29, 1.82) is 0 Å². The first-order valence-electron chi connectivity index (χ1n) is 10.5. The van der Waals surface area contributed by atoms with Gasteiger partial charge in [-0.1, -0.05) is 0 Å². The molecule has 0 radical (unpaired) electrons. The number of benzene rings is 1. The Morgan fingerprint density at radius 2 is 1.77 bits per heavy atom. The van der Waals surface area contributed by atoms with Crippen LogP contribution in [0.2, 0.25) is 0 Å². The van der Waals surface area contributed by atoms with Gasteiger partial charge < -0.3 is 5.32 Å². The van der Waals surface area contributed by atoms with E-state index in [0.29, 0.717) is 19.0 Å². The molecular weight excluding hydrogens is 396 g/mol. The molecule has 30 heavy (non-hydrogen) atoms. The second-order valence-electron chi connectivity index (χ2n) is 8.48. The first-order valence-corrected chi connectivity index (χ1v) is 12.4. The lowest BCUT2D eigenvalue weighted by Gasteiger charge is -2.31. The molecule has 0 unspecified atom stereocenters. The molecular formula is C23H26N4O2S. The van der Waals surface area contributed by atoms with Crippen LogP contribution in [0.15, 0.2) is 49.1 Å². The SMILES string of the molecule is CS(=O)(=O)N1CCC(Nc2cc(-c3cncc(C4CC4)c3)cc3ccncc23)CC1. The Labute approximate surface area is 177 Å². The van der Waals surface area contributed by atoms with E-state index in [4.69, 9.17) is 0 Å². The zero-order valence-electron chi connectivity index (χ0n) is 17.1. The fourth-order valence-corrected chi connectivity index (χ4v) is 5.17. The molecule has 0 spiro atoms. The van der Waals surface area contributed by atoms with Crippen molar-refractivity contribution >= 4 is 26.5 Å². The summed E-state index contributed by atoms with van der Waals surface area (Å²) in [7, 11) is -3.12. The van der Waals surface area contributed by atoms with Gasteiger partial charge in [0, 0.05) is 60.6 Å². The van der Waals surface area contributed by atoms with Crippen LogP contribution in [-0.2, 0) is 10.0 Å². The number of nitrogens with one attached hydrogen (secondary N) is 1. The number of hydrogen-bond donors (Lipinski definition) is 1. The van der Waals surface area contributed by atoms with Crippen LogP contribution < -0.4 is 5.32 Å². The van der Waals surface area contributed by atoms with Gasteiger partial charge in [-0.15, -0.1) is 0 Å². The highest BCUT2D eigenvalue weighted by atomic mass is 32.2. The number of pyridine rings is 2. The van der Waals surface area contributed by atoms with E-state index in [2.05, 4.69) is 33.5 Å². The number of anilines is 1. The average Bonchev–Trinajstić information content (AvgIpc) is 3.59. The summed E-state index contributed by atoms with van der Waals surface area (Å²) in [6, 6.07) is 8.91. The van der Waals surface area contributed by atoms with Crippen molar-refractivity contribution in [3.05, 3.63) is 54.6 Å². The number of hydrogen-bond acceptors (Lipinski definition) is 5. The summed E-state index contributed by atoms with van der Waals surface area (Å²) in [4.78, 5) is 8.80. The largest absolute Gasteiger partial charge is 0.382 e. The average molecular weight is 423 g/mol. The molecule has 0 bridgehead atoms. The lowest BCUT2D eigenvalue weighted by molar-refractivity contribution is 0.332. The van der Waals surface area contributed by atoms with Crippen LogP contribution in [0.3, 0.4) is 0 Å². The maximum atomic E-state index is 11.8. The van der Waals surface area contributed by atoms with E-state index in [9.17, 15) is 8.42 Å². The third kappa shape index (κ3) is 4.04. The minimum Gasteiger partial charge on any atom is -0.382 e. The topological polar surface area (TPSA) is 75.2 Å². The molecule has 7 heteroatoms. The Morgan fingerprint density at radius 1 is 0.967 bits per heavy atom. The van der Waals surface area contributed by atoms with Crippen LogP contribution in [0.1, 0.15) is 37.2 Å². The van der Waals surface area contributed by atoms with E-state index in [1.54, 1.807) is 4.31 Å². The molecule has 2 fully saturated rings. The Balaban J connectivity index is 1.45. The predicted octanol–water partition coefficient (Wildman–Crippen LogP) is 4.01. The standard InChI is InChI=1S/C23H26N4O2S/c1-30(28,29)27-8-5-21(6-9-27)26-23-12-18(10-17-4-7-24-15-22(17)23)20-11-19(13-25-14-20)16-2-3-16/h4,7,10-16,21,26H,2-3,5-6,8-9H2,1H3. The molecule has 0 atom stereocenters. The predicted molar refractivity (Wildman–Crippen MR) is 120 cm³/mol. The second kappa shape index (κ2) is 7.63. The third-order valence-electron chi connectivity index (χ3n) is 6.18. The fraction of sp³-hybridized carbons (Fsp3) is 0.391. The van der Waals surface area contributed by atoms with Gasteiger partial charge in [0.25, 0.3) is 0 Å². The summed E-state index contributed by atoms with van der Waals surface area (Å²) >= 11 is 0. The Kier molecular flexibility index (Phi) is 4.95. The molecule has 6 nitrogen and oxygen atoms in total. The first-order chi connectivity index (χ1) is 14.5. The summed E-state index contributed by atoms with van der Waals surface area (Å²) in [5.41, 5.74) is 4.64. The minimum absolute atomic E-state index is 0.234. The maximum absolute atomic E-state index is 11.8. The van der Waals surface area contributed by atoms with Gasteiger partial charge in [-0.2, -0.15) is 0 Å². The summed E-state index contributed by atoms with van der Waals surface area (Å²) < 4.78 is 25.2. The van der Waals surface area contributed by atoms with Crippen LogP contribution in [-0.4, -0.2) is 48.1 Å². The van der Waals surface area contributed by atoms with E-state index < -0.39 is 10.0 Å². The highest BCUT2D eigenvalue weighted by Crippen LogP contribution is 2.41. The van der Waals surface area contributed by atoms with Crippen LogP contribution >= 0.6 is 0 Å². The van der Waals surface area contributed by atoms with Crippen molar-refractivity contribution in [2.75, 3.05) is 24.7 Å². The van der Waals surface area contributed by atoms with E-state index in [1.807, 2.05) is 30.9 Å². The second-order valence-corrected chi connectivity index (χ2v) is 10.5. The van der Waals surface area contributed by atoms with Gasteiger partial charge >= 0.3 is 0 Å². The highest BCUT2D eigenvalue weighted by Gasteiger charge is 2.26. The van der Waals surface area contributed by atoms with Crippen LogP contribution in [0.5, 0.6) is 0 Å². The number of fused-ring (bicyclic) bond motifs is 1. The minimum atomic E-state index is -3.12. The van der Waals surface area contributed by atoms with Gasteiger partial charge in [0.2, 0.25) is 10.0 Å². The van der Waals surface area contributed by atoms with Crippen molar-refractivity contribution < 1.29 is 8.42 Å². The summed E-state index contributed by atoms with van der Waals surface area (Å²) in [5.74, 6) is 0.666. The lowest BCUT2D eigenvalue weighted by atomic mass is 9.99. The maximum Gasteiger partial charge on any atom is 0.211 e. The molecule has 1 saturated heterocycles. The normalized spacial score (nSPS) is 18.6. The molecule has 3 aromatic rings. The van der Waals surface area contributed by atoms with Crippen molar-refractivity contribution in [3.8, 4) is 11.1 Å². The van der Waals surface area contributed by atoms with E-state index >= 15 is 0 Å². The molecule has 1 saturated carbocycles. The Bertz CT molecular complexity index is 1180. The Morgan fingerprint density at radius 3 is 2.50 bits per heavy atom. The zero-order chi connectivity index (χ0) is 20.7. The number of rotatable bonds is 5. The lowest BCUT2D eigenvalue weighted by Crippen LogP contribution is -2.41. The quantitative estimate of drug-likeness (QED) is 0.672. The molecule has 1 aliphatic carbocycles. The smallest absolute Gasteiger partial charge is 0.211 e. The van der Waals surface area contributed by atoms with Crippen LogP contribution in [0, 0.1) is 0 Å². The molecule has 5 rings (SSSR count). The molecule has 1 aliphatic heterocycles. The molecule has 1 N–H and O–H groups in total. The highest BCUT2D eigenvalue weighted by molar-refractivity contribution is 7.88. The van der Waals surface area contributed by atoms with Crippen molar-refractivity contribution in [2.45, 2.75) is 37.6 Å². The van der Waals surface area contributed by atoms with Crippen molar-refractivity contribution in [2.24, 2.45) is 0 Å². The first kappa shape index (κ1) is 19.5. The van der Waals surface area contributed by atoms with E-state index in [0.717, 1.165) is 40.4 Å². The van der Waals surface area contributed by atoms with Gasteiger partial charge in [0.05, 0.1) is 6.26 Å². The van der Waals surface area contributed by atoms with Gasteiger partial charge in [0.1, 0.15) is 0 Å².